The number of piperazine rings is 1. The molecule has 144 valence electrons. The first-order valence-corrected chi connectivity index (χ1v) is 10.2. The van der Waals surface area contributed by atoms with Gasteiger partial charge in [-0.3, -0.25) is 4.90 Å². The summed E-state index contributed by atoms with van der Waals surface area (Å²) in [6, 6.07) is 8.32. The lowest BCUT2D eigenvalue weighted by molar-refractivity contribution is 0.0673. The SMILES string of the molecule is CCN1CCN(C2CCN(C(=O)N[C@@H](C)c3ccc(Cl)cc3)CC2)CC1. The van der Waals surface area contributed by atoms with Crippen LogP contribution in [0.25, 0.3) is 0 Å². The van der Waals surface area contributed by atoms with E-state index in [9.17, 15) is 4.79 Å². The van der Waals surface area contributed by atoms with Gasteiger partial charge in [0.25, 0.3) is 0 Å². The van der Waals surface area contributed by atoms with Crippen LogP contribution in [0.4, 0.5) is 4.79 Å². The van der Waals surface area contributed by atoms with Crippen molar-refractivity contribution in [2.45, 2.75) is 38.8 Å². The number of likely N-dealkylation sites (tertiary alicyclic amines) is 1. The van der Waals surface area contributed by atoms with E-state index in [0.29, 0.717) is 11.1 Å². The number of rotatable bonds is 4. The number of hydrogen-bond donors (Lipinski definition) is 1. The first-order valence-electron chi connectivity index (χ1n) is 9.84. The minimum Gasteiger partial charge on any atom is -0.331 e. The smallest absolute Gasteiger partial charge is 0.317 e. The molecule has 2 heterocycles. The van der Waals surface area contributed by atoms with Gasteiger partial charge in [0.15, 0.2) is 0 Å². The number of carbonyl (C=O) groups is 1. The first kappa shape index (κ1) is 19.5. The van der Waals surface area contributed by atoms with Crippen molar-refractivity contribution in [2.24, 2.45) is 0 Å². The molecule has 26 heavy (non-hydrogen) atoms. The monoisotopic (exact) mass is 378 g/mol. The molecule has 1 N–H and O–H groups in total. The molecule has 2 aliphatic rings. The van der Waals surface area contributed by atoms with Crippen LogP contribution in [-0.4, -0.2) is 72.6 Å². The molecule has 2 aliphatic heterocycles. The van der Waals surface area contributed by atoms with E-state index in [-0.39, 0.29) is 12.1 Å². The number of nitrogens with one attached hydrogen (secondary N) is 1. The number of halogens is 1. The minimum absolute atomic E-state index is 0.0142. The Morgan fingerprint density at radius 1 is 1.12 bits per heavy atom. The normalized spacial score (nSPS) is 21.6. The topological polar surface area (TPSA) is 38.8 Å². The molecule has 0 spiro atoms. The van der Waals surface area contributed by atoms with Gasteiger partial charge in [0.1, 0.15) is 0 Å². The largest absolute Gasteiger partial charge is 0.331 e. The lowest BCUT2D eigenvalue weighted by Crippen LogP contribution is -2.54. The van der Waals surface area contributed by atoms with Crippen LogP contribution in [0, 0.1) is 0 Å². The van der Waals surface area contributed by atoms with Crippen molar-refractivity contribution in [2.75, 3.05) is 45.8 Å². The Hall–Kier alpha value is -1.30. The van der Waals surface area contributed by atoms with Gasteiger partial charge < -0.3 is 15.1 Å². The number of likely N-dealkylation sites (N-methyl/N-ethyl adjacent to an activating group) is 1. The molecule has 0 radical (unpaired) electrons. The van der Waals surface area contributed by atoms with E-state index in [2.05, 4.69) is 22.0 Å². The summed E-state index contributed by atoms with van der Waals surface area (Å²) >= 11 is 5.94. The van der Waals surface area contributed by atoms with Gasteiger partial charge in [0.2, 0.25) is 0 Å². The van der Waals surface area contributed by atoms with Crippen LogP contribution < -0.4 is 5.32 Å². The number of benzene rings is 1. The Balaban J connectivity index is 1.44. The first-order chi connectivity index (χ1) is 12.6. The Morgan fingerprint density at radius 2 is 1.73 bits per heavy atom. The zero-order chi connectivity index (χ0) is 18.5. The van der Waals surface area contributed by atoms with Crippen molar-refractivity contribution in [3.63, 3.8) is 0 Å². The van der Waals surface area contributed by atoms with Gasteiger partial charge in [-0.1, -0.05) is 30.7 Å². The summed E-state index contributed by atoms with van der Waals surface area (Å²) in [4.78, 5) is 19.7. The second-order valence-electron chi connectivity index (χ2n) is 7.41. The molecular weight excluding hydrogens is 348 g/mol. The highest BCUT2D eigenvalue weighted by Gasteiger charge is 2.29. The highest BCUT2D eigenvalue weighted by molar-refractivity contribution is 6.30. The zero-order valence-electron chi connectivity index (χ0n) is 16.0. The standard InChI is InChI=1S/C20H31ClN4O/c1-3-23-12-14-24(15-13-23)19-8-10-25(11-9-19)20(26)22-16(2)17-4-6-18(21)7-5-17/h4-7,16,19H,3,8-15H2,1-2H3,(H,22,26)/t16-/m0/s1. The minimum atomic E-state index is -0.0142. The number of piperidine rings is 1. The summed E-state index contributed by atoms with van der Waals surface area (Å²) in [5.74, 6) is 0. The Kier molecular flexibility index (Phi) is 6.79. The third-order valence-corrected chi connectivity index (χ3v) is 6.08. The maximum absolute atomic E-state index is 12.6. The van der Waals surface area contributed by atoms with Gasteiger partial charge in [0.05, 0.1) is 6.04 Å². The van der Waals surface area contributed by atoms with Crippen LogP contribution in [0.5, 0.6) is 0 Å². The molecule has 0 bridgehead atoms. The van der Waals surface area contributed by atoms with Crippen LogP contribution in [-0.2, 0) is 0 Å². The van der Waals surface area contributed by atoms with Crippen LogP contribution in [0.15, 0.2) is 24.3 Å². The van der Waals surface area contributed by atoms with E-state index >= 15 is 0 Å². The lowest BCUT2D eigenvalue weighted by atomic mass is 10.0. The maximum Gasteiger partial charge on any atom is 0.317 e. The molecule has 2 amide bonds. The summed E-state index contributed by atoms with van der Waals surface area (Å²) in [6.45, 7) is 11.8. The van der Waals surface area contributed by atoms with E-state index < -0.39 is 0 Å². The second-order valence-corrected chi connectivity index (χ2v) is 7.85. The Labute approximate surface area is 162 Å². The number of carbonyl (C=O) groups excluding carboxylic acids is 1. The summed E-state index contributed by atoms with van der Waals surface area (Å²) in [5, 5.41) is 3.83. The molecule has 0 saturated carbocycles. The van der Waals surface area contributed by atoms with Crippen molar-refractivity contribution in [1.29, 1.82) is 0 Å². The molecule has 1 aromatic carbocycles. The van der Waals surface area contributed by atoms with Crippen molar-refractivity contribution >= 4 is 17.6 Å². The molecule has 2 fully saturated rings. The van der Waals surface area contributed by atoms with Crippen LogP contribution in [0.2, 0.25) is 5.02 Å². The summed E-state index contributed by atoms with van der Waals surface area (Å²) in [6.07, 6.45) is 2.16. The highest BCUT2D eigenvalue weighted by Crippen LogP contribution is 2.20. The third-order valence-electron chi connectivity index (χ3n) is 5.83. The summed E-state index contributed by atoms with van der Waals surface area (Å²) in [7, 11) is 0. The third kappa shape index (κ3) is 4.90. The van der Waals surface area contributed by atoms with E-state index in [1.165, 1.54) is 13.1 Å². The number of amides is 2. The fourth-order valence-corrected chi connectivity index (χ4v) is 4.12. The maximum atomic E-state index is 12.6. The van der Waals surface area contributed by atoms with Gasteiger partial charge in [-0.15, -0.1) is 0 Å². The molecule has 3 rings (SSSR count). The van der Waals surface area contributed by atoms with Crippen molar-refractivity contribution in [1.82, 2.24) is 20.0 Å². The predicted octanol–water partition coefficient (Wildman–Crippen LogP) is 3.21. The molecule has 0 aliphatic carbocycles. The number of hydrogen-bond acceptors (Lipinski definition) is 3. The lowest BCUT2D eigenvalue weighted by Gasteiger charge is -2.42. The van der Waals surface area contributed by atoms with Crippen LogP contribution in [0.3, 0.4) is 0 Å². The van der Waals surface area contributed by atoms with Gasteiger partial charge in [-0.2, -0.15) is 0 Å². The molecule has 0 unspecified atom stereocenters. The summed E-state index contributed by atoms with van der Waals surface area (Å²) < 4.78 is 0. The van der Waals surface area contributed by atoms with E-state index in [1.807, 2.05) is 36.1 Å². The molecule has 1 atom stereocenters. The fourth-order valence-electron chi connectivity index (χ4n) is 3.99. The van der Waals surface area contributed by atoms with Gasteiger partial charge >= 0.3 is 6.03 Å². The second kappa shape index (κ2) is 9.07. The van der Waals surface area contributed by atoms with Crippen LogP contribution >= 0.6 is 11.6 Å². The van der Waals surface area contributed by atoms with Crippen molar-refractivity contribution in [3.8, 4) is 0 Å². The molecular formula is C20H31ClN4O. The van der Waals surface area contributed by atoms with E-state index in [4.69, 9.17) is 11.6 Å². The molecule has 2 saturated heterocycles. The molecule has 5 nitrogen and oxygen atoms in total. The Bertz CT molecular complexity index is 578. The quantitative estimate of drug-likeness (QED) is 0.874. The number of nitrogens with zero attached hydrogens (tertiary/aromatic N) is 3. The highest BCUT2D eigenvalue weighted by atomic mass is 35.5. The van der Waals surface area contributed by atoms with E-state index in [0.717, 1.165) is 51.1 Å². The summed E-state index contributed by atoms with van der Waals surface area (Å²) in [5.41, 5.74) is 1.08. The Morgan fingerprint density at radius 3 is 2.31 bits per heavy atom. The van der Waals surface area contributed by atoms with Crippen molar-refractivity contribution < 1.29 is 4.79 Å². The average Bonchev–Trinajstić information content (AvgIpc) is 2.68. The van der Waals surface area contributed by atoms with Crippen molar-refractivity contribution in [3.05, 3.63) is 34.9 Å². The molecule has 1 aromatic rings. The number of urea groups is 1. The predicted molar refractivity (Wildman–Crippen MR) is 107 cm³/mol. The van der Waals surface area contributed by atoms with Gasteiger partial charge in [0, 0.05) is 50.3 Å². The molecule has 0 aromatic heterocycles. The zero-order valence-corrected chi connectivity index (χ0v) is 16.7. The average molecular weight is 379 g/mol. The molecule has 6 heteroatoms. The van der Waals surface area contributed by atoms with Gasteiger partial charge in [-0.05, 0) is 44.0 Å². The van der Waals surface area contributed by atoms with Gasteiger partial charge in [-0.25, -0.2) is 4.79 Å². The fraction of sp³-hybridized carbons (Fsp3) is 0.650. The van der Waals surface area contributed by atoms with E-state index in [1.54, 1.807) is 0 Å². The van der Waals surface area contributed by atoms with Crippen LogP contribution in [0.1, 0.15) is 38.3 Å².